The van der Waals surface area contributed by atoms with E-state index in [4.69, 9.17) is 0 Å². The Morgan fingerprint density at radius 3 is 2.63 bits per heavy atom. The van der Waals surface area contributed by atoms with E-state index in [0.717, 1.165) is 32.8 Å². The van der Waals surface area contributed by atoms with Crippen molar-refractivity contribution in [2.75, 3.05) is 23.3 Å². The number of anilines is 2. The van der Waals surface area contributed by atoms with Crippen molar-refractivity contribution >= 4 is 33.3 Å². The van der Waals surface area contributed by atoms with Gasteiger partial charge in [-0.2, -0.15) is 0 Å². The van der Waals surface area contributed by atoms with E-state index in [2.05, 4.69) is 36.1 Å². The third-order valence-electron chi connectivity index (χ3n) is 4.68. The number of aryl methyl sites for hydroxylation is 1. The Morgan fingerprint density at radius 1 is 1.11 bits per heavy atom. The second-order valence-electron chi connectivity index (χ2n) is 6.70. The molecule has 0 aliphatic carbocycles. The molecular weight excluding hydrogens is 404 g/mol. The number of hydrogen-bond acceptors (Lipinski definition) is 4. The molecule has 5 nitrogen and oxygen atoms in total. The molecule has 0 unspecified atom stereocenters. The zero-order chi connectivity index (χ0) is 18.8. The summed E-state index contributed by atoms with van der Waals surface area (Å²) in [5.74, 6) is 0.839. The Kier molecular flexibility index (Phi) is 4.90. The first-order valence-electron chi connectivity index (χ1n) is 8.79. The second-order valence-corrected chi connectivity index (χ2v) is 7.56. The van der Waals surface area contributed by atoms with E-state index in [0.29, 0.717) is 13.1 Å². The predicted molar refractivity (Wildman–Crippen MR) is 111 cm³/mol. The van der Waals surface area contributed by atoms with Crippen LogP contribution in [-0.2, 0) is 4.79 Å². The number of nitrogens with one attached hydrogen (secondary N) is 1. The van der Waals surface area contributed by atoms with Gasteiger partial charge in [-0.25, -0.2) is 9.97 Å². The number of aromatic nitrogens is 2. The van der Waals surface area contributed by atoms with E-state index in [1.54, 1.807) is 6.33 Å². The Morgan fingerprint density at radius 2 is 1.89 bits per heavy atom. The van der Waals surface area contributed by atoms with Gasteiger partial charge in [-0.1, -0.05) is 36.4 Å². The van der Waals surface area contributed by atoms with Gasteiger partial charge in [0.05, 0.1) is 17.3 Å². The van der Waals surface area contributed by atoms with Gasteiger partial charge in [0, 0.05) is 29.2 Å². The van der Waals surface area contributed by atoms with Crippen molar-refractivity contribution in [2.45, 2.75) is 6.92 Å². The number of nitrogens with zero attached hydrogens (tertiary/aromatic N) is 3. The molecule has 1 N–H and O–H groups in total. The van der Waals surface area contributed by atoms with Crippen molar-refractivity contribution in [3.8, 4) is 11.3 Å². The SMILES string of the molecule is Cc1ccc(NC(=O)C2CN(c3cc(-c4ccccc4)ncn3)C2)c(Br)c1. The molecule has 1 fully saturated rings. The average molecular weight is 423 g/mol. The van der Waals surface area contributed by atoms with Crippen LogP contribution in [0.5, 0.6) is 0 Å². The standard InChI is InChI=1S/C21H19BrN4O/c1-14-7-8-18(17(22)9-14)25-21(27)16-11-26(12-16)20-10-19(23-13-24-20)15-5-3-2-4-6-15/h2-10,13,16H,11-12H2,1H3,(H,25,27). The summed E-state index contributed by atoms with van der Waals surface area (Å²) in [4.78, 5) is 23.3. The third kappa shape index (κ3) is 3.85. The van der Waals surface area contributed by atoms with Gasteiger partial charge in [0.1, 0.15) is 12.1 Å². The van der Waals surface area contributed by atoms with E-state index >= 15 is 0 Å². The van der Waals surface area contributed by atoms with Crippen molar-refractivity contribution in [2.24, 2.45) is 5.92 Å². The molecule has 136 valence electrons. The van der Waals surface area contributed by atoms with Gasteiger partial charge in [-0.15, -0.1) is 0 Å². The Hall–Kier alpha value is -2.73. The smallest absolute Gasteiger partial charge is 0.231 e. The molecule has 4 rings (SSSR count). The maximum absolute atomic E-state index is 12.5. The zero-order valence-corrected chi connectivity index (χ0v) is 16.5. The maximum atomic E-state index is 12.5. The van der Waals surface area contributed by atoms with Crippen molar-refractivity contribution in [3.63, 3.8) is 0 Å². The molecule has 1 saturated heterocycles. The van der Waals surface area contributed by atoms with Crippen LogP contribution in [0.15, 0.2) is 65.4 Å². The molecule has 1 amide bonds. The van der Waals surface area contributed by atoms with E-state index in [-0.39, 0.29) is 11.8 Å². The van der Waals surface area contributed by atoms with Crippen LogP contribution in [0.1, 0.15) is 5.56 Å². The highest BCUT2D eigenvalue weighted by Gasteiger charge is 2.33. The Bertz CT molecular complexity index is 971. The molecule has 1 aromatic heterocycles. The van der Waals surface area contributed by atoms with Crippen LogP contribution in [0.2, 0.25) is 0 Å². The highest BCUT2D eigenvalue weighted by molar-refractivity contribution is 9.10. The van der Waals surface area contributed by atoms with Gasteiger partial charge in [-0.05, 0) is 40.5 Å². The van der Waals surface area contributed by atoms with Crippen molar-refractivity contribution < 1.29 is 4.79 Å². The molecule has 27 heavy (non-hydrogen) atoms. The van der Waals surface area contributed by atoms with Gasteiger partial charge < -0.3 is 10.2 Å². The summed E-state index contributed by atoms with van der Waals surface area (Å²) in [5.41, 5.74) is 3.89. The van der Waals surface area contributed by atoms with Crippen molar-refractivity contribution in [1.82, 2.24) is 9.97 Å². The lowest BCUT2D eigenvalue weighted by atomic mass is 9.98. The molecule has 2 heterocycles. The molecule has 0 saturated carbocycles. The van der Waals surface area contributed by atoms with Crippen molar-refractivity contribution in [3.05, 3.63) is 71.0 Å². The first kappa shape index (κ1) is 17.7. The van der Waals surface area contributed by atoms with E-state index in [9.17, 15) is 4.79 Å². The van der Waals surface area contributed by atoms with E-state index in [1.165, 1.54) is 0 Å². The summed E-state index contributed by atoms with van der Waals surface area (Å²) in [5, 5.41) is 3.00. The quantitative estimate of drug-likeness (QED) is 0.680. The summed E-state index contributed by atoms with van der Waals surface area (Å²) in [6, 6.07) is 17.9. The fourth-order valence-electron chi connectivity index (χ4n) is 3.07. The number of halogens is 1. The average Bonchev–Trinajstić information content (AvgIpc) is 2.64. The van der Waals surface area contributed by atoms with Crippen LogP contribution in [0, 0.1) is 12.8 Å². The van der Waals surface area contributed by atoms with Crippen LogP contribution < -0.4 is 10.2 Å². The van der Waals surface area contributed by atoms with E-state index < -0.39 is 0 Å². The second kappa shape index (κ2) is 7.48. The fraction of sp³-hybridized carbons (Fsp3) is 0.190. The minimum atomic E-state index is -0.0478. The molecule has 2 aromatic carbocycles. The summed E-state index contributed by atoms with van der Waals surface area (Å²) < 4.78 is 0.898. The Labute approximate surface area is 166 Å². The highest BCUT2D eigenvalue weighted by Crippen LogP contribution is 2.28. The minimum absolute atomic E-state index is 0.0353. The number of benzene rings is 2. The predicted octanol–water partition coefficient (Wildman–Crippen LogP) is 4.29. The van der Waals surface area contributed by atoms with Crippen LogP contribution in [0.25, 0.3) is 11.3 Å². The molecule has 3 aromatic rings. The maximum Gasteiger partial charge on any atom is 0.231 e. The molecule has 0 bridgehead atoms. The van der Waals surface area contributed by atoms with Gasteiger partial charge in [0.15, 0.2) is 0 Å². The van der Waals surface area contributed by atoms with Crippen LogP contribution in [0.3, 0.4) is 0 Å². The summed E-state index contributed by atoms with van der Waals surface area (Å²) >= 11 is 3.50. The number of rotatable bonds is 4. The van der Waals surface area contributed by atoms with Crippen LogP contribution in [0.4, 0.5) is 11.5 Å². The molecule has 1 aliphatic rings. The lowest BCUT2D eigenvalue weighted by Gasteiger charge is -2.39. The molecule has 0 atom stereocenters. The number of carbonyl (C=O) groups is 1. The van der Waals surface area contributed by atoms with Gasteiger partial charge in [0.25, 0.3) is 0 Å². The summed E-state index contributed by atoms with van der Waals surface area (Å²) in [7, 11) is 0. The summed E-state index contributed by atoms with van der Waals surface area (Å²) in [6.07, 6.45) is 1.58. The monoisotopic (exact) mass is 422 g/mol. The molecule has 0 radical (unpaired) electrons. The number of carbonyl (C=O) groups excluding carboxylic acids is 1. The Balaban J connectivity index is 1.40. The number of hydrogen-bond donors (Lipinski definition) is 1. The van der Waals surface area contributed by atoms with Gasteiger partial charge in [-0.3, -0.25) is 4.79 Å². The topological polar surface area (TPSA) is 58.1 Å². The van der Waals surface area contributed by atoms with Gasteiger partial charge >= 0.3 is 0 Å². The normalized spacial score (nSPS) is 13.9. The zero-order valence-electron chi connectivity index (χ0n) is 14.9. The largest absolute Gasteiger partial charge is 0.355 e. The van der Waals surface area contributed by atoms with Gasteiger partial charge in [0.2, 0.25) is 5.91 Å². The molecule has 1 aliphatic heterocycles. The molecular formula is C21H19BrN4O. The number of amides is 1. The first-order chi connectivity index (χ1) is 13.1. The lowest BCUT2D eigenvalue weighted by molar-refractivity contribution is -0.120. The molecule has 6 heteroatoms. The van der Waals surface area contributed by atoms with Crippen molar-refractivity contribution in [1.29, 1.82) is 0 Å². The first-order valence-corrected chi connectivity index (χ1v) is 9.59. The fourth-order valence-corrected chi connectivity index (χ4v) is 3.67. The third-order valence-corrected chi connectivity index (χ3v) is 5.34. The highest BCUT2D eigenvalue weighted by atomic mass is 79.9. The van der Waals surface area contributed by atoms with E-state index in [1.807, 2.05) is 61.5 Å². The van der Waals surface area contributed by atoms with Crippen LogP contribution in [-0.4, -0.2) is 29.0 Å². The van der Waals surface area contributed by atoms with Crippen LogP contribution >= 0.6 is 15.9 Å². The minimum Gasteiger partial charge on any atom is -0.355 e. The molecule has 0 spiro atoms. The summed E-state index contributed by atoms with van der Waals surface area (Å²) in [6.45, 7) is 3.33. The lowest BCUT2D eigenvalue weighted by Crippen LogP contribution is -2.52.